The van der Waals surface area contributed by atoms with Crippen molar-refractivity contribution in [3.63, 3.8) is 0 Å². The van der Waals surface area contributed by atoms with Crippen molar-refractivity contribution in [3.05, 3.63) is 74.9 Å². The summed E-state index contributed by atoms with van der Waals surface area (Å²) in [4.78, 5) is 50.8. The van der Waals surface area contributed by atoms with Crippen LogP contribution in [0.4, 0.5) is 0 Å². The lowest BCUT2D eigenvalue weighted by atomic mass is 10.2. The smallest absolute Gasteiger partial charge is 0.328 e. The Balaban J connectivity index is 1.48. The number of aromatic nitrogens is 2. The largest absolute Gasteiger partial charge is 0.494 e. The maximum Gasteiger partial charge on any atom is 0.328 e. The summed E-state index contributed by atoms with van der Waals surface area (Å²) >= 11 is 0. The Morgan fingerprint density at radius 3 is 2.48 bits per heavy atom. The molecule has 2 amide bonds. The number of ether oxygens (including phenoxy) is 1. The maximum atomic E-state index is 12.3. The van der Waals surface area contributed by atoms with E-state index >= 15 is 0 Å². The lowest BCUT2D eigenvalue weighted by molar-refractivity contribution is -0.122. The van der Waals surface area contributed by atoms with E-state index in [4.69, 9.17) is 4.74 Å². The lowest BCUT2D eigenvalue weighted by Crippen LogP contribution is -2.42. The highest BCUT2D eigenvalue weighted by atomic mass is 16.5. The summed E-state index contributed by atoms with van der Waals surface area (Å²) in [6.45, 7) is 2.83. The average molecular weight is 453 g/mol. The van der Waals surface area contributed by atoms with E-state index in [0.29, 0.717) is 28.8 Å². The SMILES string of the molecule is CCCCCCOc1ccc(C(=O)NNC(=O)CCn2c(=O)[nH]c(=O)c3ccccc32)cc1. The summed E-state index contributed by atoms with van der Waals surface area (Å²) in [7, 11) is 0. The Morgan fingerprint density at radius 1 is 0.970 bits per heavy atom. The number of carbonyl (C=O) groups is 2. The molecule has 0 saturated heterocycles. The number of hydrogen-bond acceptors (Lipinski definition) is 5. The molecular weight excluding hydrogens is 424 g/mol. The van der Waals surface area contributed by atoms with Crippen LogP contribution in [0, 0.1) is 0 Å². The number of nitrogens with zero attached hydrogens (tertiary/aromatic N) is 1. The zero-order valence-corrected chi connectivity index (χ0v) is 18.6. The van der Waals surface area contributed by atoms with Gasteiger partial charge in [-0.2, -0.15) is 0 Å². The molecule has 3 aromatic rings. The number of benzene rings is 2. The summed E-state index contributed by atoms with van der Waals surface area (Å²) in [5, 5.41) is 0.360. The van der Waals surface area contributed by atoms with Crippen molar-refractivity contribution < 1.29 is 14.3 Å². The summed E-state index contributed by atoms with van der Waals surface area (Å²) in [5.74, 6) is -0.257. The van der Waals surface area contributed by atoms with Crippen LogP contribution in [-0.2, 0) is 11.3 Å². The second-order valence-electron chi connectivity index (χ2n) is 7.61. The van der Waals surface area contributed by atoms with Gasteiger partial charge in [0.15, 0.2) is 0 Å². The number of para-hydroxylation sites is 1. The fraction of sp³-hybridized carbons (Fsp3) is 0.333. The van der Waals surface area contributed by atoms with E-state index in [1.165, 1.54) is 17.4 Å². The van der Waals surface area contributed by atoms with Gasteiger partial charge in [0.05, 0.1) is 17.5 Å². The molecule has 0 aliphatic rings. The average Bonchev–Trinajstić information content (AvgIpc) is 2.82. The molecule has 2 aromatic carbocycles. The molecule has 0 fully saturated rings. The first-order valence-electron chi connectivity index (χ1n) is 11.0. The lowest BCUT2D eigenvalue weighted by Gasteiger charge is -2.11. The van der Waals surface area contributed by atoms with Crippen molar-refractivity contribution in [2.45, 2.75) is 45.6 Å². The summed E-state index contributed by atoms with van der Waals surface area (Å²) in [6.07, 6.45) is 4.41. The van der Waals surface area contributed by atoms with Crippen molar-refractivity contribution in [1.29, 1.82) is 0 Å². The minimum Gasteiger partial charge on any atom is -0.494 e. The molecule has 0 bridgehead atoms. The normalized spacial score (nSPS) is 10.7. The molecule has 9 heteroatoms. The van der Waals surface area contributed by atoms with Crippen LogP contribution in [0.2, 0.25) is 0 Å². The third-order valence-corrected chi connectivity index (χ3v) is 5.17. The zero-order chi connectivity index (χ0) is 23.6. The first-order chi connectivity index (χ1) is 16.0. The molecule has 33 heavy (non-hydrogen) atoms. The van der Waals surface area contributed by atoms with E-state index in [2.05, 4.69) is 22.8 Å². The fourth-order valence-electron chi connectivity index (χ4n) is 3.36. The highest BCUT2D eigenvalue weighted by Crippen LogP contribution is 2.13. The number of aryl methyl sites for hydroxylation is 1. The second kappa shape index (κ2) is 11.7. The van der Waals surface area contributed by atoms with Crippen LogP contribution in [0.25, 0.3) is 10.9 Å². The zero-order valence-electron chi connectivity index (χ0n) is 18.6. The second-order valence-corrected chi connectivity index (χ2v) is 7.61. The minimum atomic E-state index is -0.594. The molecule has 0 radical (unpaired) electrons. The number of amides is 2. The first-order valence-corrected chi connectivity index (χ1v) is 11.0. The number of hydrogen-bond donors (Lipinski definition) is 3. The van der Waals surface area contributed by atoms with Gasteiger partial charge in [-0.25, -0.2) is 4.79 Å². The van der Waals surface area contributed by atoms with Crippen LogP contribution in [-0.4, -0.2) is 28.0 Å². The van der Waals surface area contributed by atoms with Gasteiger partial charge in [-0.1, -0.05) is 38.3 Å². The molecule has 3 N–H and O–H groups in total. The van der Waals surface area contributed by atoms with Crippen molar-refractivity contribution in [2.75, 3.05) is 6.61 Å². The molecule has 0 unspecified atom stereocenters. The predicted molar refractivity (Wildman–Crippen MR) is 125 cm³/mol. The van der Waals surface area contributed by atoms with Crippen molar-refractivity contribution in [3.8, 4) is 5.75 Å². The van der Waals surface area contributed by atoms with E-state index in [1.807, 2.05) is 0 Å². The Hall–Kier alpha value is -3.88. The number of aromatic amines is 1. The fourth-order valence-corrected chi connectivity index (χ4v) is 3.36. The van der Waals surface area contributed by atoms with Gasteiger partial charge < -0.3 is 4.74 Å². The molecule has 0 saturated carbocycles. The summed E-state index contributed by atoms with van der Waals surface area (Å²) in [5.41, 5.74) is 4.44. The van der Waals surface area contributed by atoms with E-state index in [-0.39, 0.29) is 13.0 Å². The molecular formula is C24H28N4O5. The summed E-state index contributed by atoms with van der Waals surface area (Å²) < 4.78 is 6.97. The molecule has 1 heterocycles. The Bertz CT molecular complexity index is 1210. The quantitative estimate of drug-likeness (QED) is 0.322. The molecule has 0 aliphatic heterocycles. The first kappa shape index (κ1) is 23.8. The van der Waals surface area contributed by atoms with Crippen molar-refractivity contribution >= 4 is 22.7 Å². The van der Waals surface area contributed by atoms with Gasteiger partial charge in [-0.05, 0) is 42.8 Å². The van der Waals surface area contributed by atoms with Gasteiger partial charge in [0.2, 0.25) is 5.91 Å². The van der Waals surface area contributed by atoms with Crippen LogP contribution < -0.4 is 26.8 Å². The van der Waals surface area contributed by atoms with E-state index in [9.17, 15) is 19.2 Å². The van der Waals surface area contributed by atoms with Crippen LogP contribution in [0.3, 0.4) is 0 Å². The van der Waals surface area contributed by atoms with Crippen molar-refractivity contribution in [2.24, 2.45) is 0 Å². The third-order valence-electron chi connectivity index (χ3n) is 5.17. The molecule has 9 nitrogen and oxygen atoms in total. The van der Waals surface area contributed by atoms with Gasteiger partial charge in [0.1, 0.15) is 5.75 Å². The number of carbonyl (C=O) groups excluding carboxylic acids is 2. The van der Waals surface area contributed by atoms with Crippen LogP contribution in [0.5, 0.6) is 5.75 Å². The predicted octanol–water partition coefficient (Wildman–Crippen LogP) is 2.50. The van der Waals surface area contributed by atoms with Gasteiger partial charge in [-0.15, -0.1) is 0 Å². The van der Waals surface area contributed by atoms with E-state index < -0.39 is 23.1 Å². The molecule has 0 aliphatic carbocycles. The number of fused-ring (bicyclic) bond motifs is 1. The van der Waals surface area contributed by atoms with E-state index in [0.717, 1.165) is 12.8 Å². The van der Waals surface area contributed by atoms with Gasteiger partial charge >= 0.3 is 5.69 Å². The number of nitrogens with one attached hydrogen (secondary N) is 3. The Kier molecular flexibility index (Phi) is 8.40. The summed E-state index contributed by atoms with van der Waals surface area (Å²) in [6, 6.07) is 13.3. The standard InChI is InChI=1S/C24H28N4O5/c1-2-3-4-7-16-33-18-12-10-17(11-13-18)22(30)27-26-21(29)14-15-28-20-9-6-5-8-19(20)23(31)25-24(28)32/h5-6,8-13H,2-4,7,14-16H2,1H3,(H,26,29)(H,27,30)(H,25,31,32). The molecule has 174 valence electrons. The number of H-pyrrole nitrogens is 1. The monoisotopic (exact) mass is 452 g/mol. The minimum absolute atomic E-state index is 0.0438. The number of rotatable bonds is 10. The van der Waals surface area contributed by atoms with Gasteiger partial charge in [-0.3, -0.25) is 34.8 Å². The van der Waals surface area contributed by atoms with Gasteiger partial charge in [0, 0.05) is 18.5 Å². The Labute approximate surface area is 190 Å². The molecule has 0 spiro atoms. The highest BCUT2D eigenvalue weighted by Gasteiger charge is 2.11. The van der Waals surface area contributed by atoms with Gasteiger partial charge in [0.25, 0.3) is 11.5 Å². The van der Waals surface area contributed by atoms with E-state index in [1.54, 1.807) is 48.5 Å². The number of hydrazine groups is 1. The molecule has 3 rings (SSSR count). The molecule has 1 aromatic heterocycles. The van der Waals surface area contributed by atoms with Crippen LogP contribution in [0.1, 0.15) is 49.4 Å². The molecule has 0 atom stereocenters. The topological polar surface area (TPSA) is 122 Å². The van der Waals surface area contributed by atoms with Crippen LogP contribution in [0.15, 0.2) is 58.1 Å². The van der Waals surface area contributed by atoms with Crippen LogP contribution >= 0.6 is 0 Å². The Morgan fingerprint density at radius 2 is 1.73 bits per heavy atom. The maximum absolute atomic E-state index is 12.3. The third kappa shape index (κ3) is 6.55. The number of unbranched alkanes of at least 4 members (excludes halogenated alkanes) is 3. The van der Waals surface area contributed by atoms with Crippen molar-refractivity contribution in [1.82, 2.24) is 20.4 Å². The highest BCUT2D eigenvalue weighted by molar-refractivity contribution is 5.95.